The molecule has 0 saturated carbocycles. The minimum atomic E-state index is -3.72. The molecule has 1 fully saturated rings. The van der Waals surface area contributed by atoms with Gasteiger partial charge in [0.1, 0.15) is 9.77 Å². The third kappa shape index (κ3) is 5.53. The number of carbonyl (C=O) groups is 1. The molecule has 1 aromatic heterocycles. The summed E-state index contributed by atoms with van der Waals surface area (Å²) in [6.45, 7) is 4.47. The van der Waals surface area contributed by atoms with Gasteiger partial charge in [0.2, 0.25) is 20.0 Å². The van der Waals surface area contributed by atoms with Crippen molar-refractivity contribution in [2.45, 2.75) is 42.9 Å². The number of hydrogen-bond donors (Lipinski definition) is 2. The topological polar surface area (TPSA) is 113 Å². The Hall–Kier alpha value is -1.79. The SMILES string of the molecule is Cc1ccc(C)c(S(=O)(=O)NCCNC(=O)c2sccc2S(=O)(=O)N2CCCCC2)c1. The number of thiophene rings is 1. The predicted octanol–water partition coefficient (Wildman–Crippen LogP) is 2.25. The smallest absolute Gasteiger partial charge is 0.262 e. The van der Waals surface area contributed by atoms with E-state index in [-0.39, 0.29) is 27.8 Å². The summed E-state index contributed by atoms with van der Waals surface area (Å²) < 4.78 is 54.8. The first kappa shape index (κ1) is 23.9. The van der Waals surface area contributed by atoms with Crippen LogP contribution in [0, 0.1) is 13.8 Å². The van der Waals surface area contributed by atoms with Crippen LogP contribution in [0.2, 0.25) is 0 Å². The zero-order chi connectivity index (χ0) is 22.6. The van der Waals surface area contributed by atoms with Crippen LogP contribution in [-0.2, 0) is 20.0 Å². The highest BCUT2D eigenvalue weighted by molar-refractivity contribution is 7.89. The number of nitrogens with one attached hydrogen (secondary N) is 2. The Labute approximate surface area is 187 Å². The van der Waals surface area contributed by atoms with Crippen molar-refractivity contribution >= 4 is 37.3 Å². The standard InChI is InChI=1S/C20H27N3O5S3/c1-15-6-7-16(2)18(14-15)30(25,26)22-10-9-21-20(24)19-17(8-13-29-19)31(27,28)23-11-4-3-5-12-23/h6-8,13-14,22H,3-5,9-12H2,1-2H3,(H,21,24). The summed E-state index contributed by atoms with van der Waals surface area (Å²) in [5, 5.41) is 4.19. The Bertz CT molecular complexity index is 1150. The molecular weight excluding hydrogens is 458 g/mol. The van der Waals surface area contributed by atoms with Gasteiger partial charge >= 0.3 is 0 Å². The average Bonchev–Trinajstić information content (AvgIpc) is 3.24. The number of rotatable bonds is 8. The predicted molar refractivity (Wildman–Crippen MR) is 120 cm³/mol. The molecule has 1 aliphatic rings. The first-order valence-corrected chi connectivity index (χ1v) is 13.9. The Morgan fingerprint density at radius 2 is 1.71 bits per heavy atom. The van der Waals surface area contributed by atoms with Gasteiger partial charge in [-0.2, -0.15) is 4.31 Å². The Balaban J connectivity index is 1.61. The maximum Gasteiger partial charge on any atom is 0.262 e. The van der Waals surface area contributed by atoms with E-state index in [1.807, 2.05) is 13.0 Å². The van der Waals surface area contributed by atoms with E-state index in [0.717, 1.165) is 36.2 Å². The van der Waals surface area contributed by atoms with Crippen LogP contribution in [0.15, 0.2) is 39.4 Å². The lowest BCUT2D eigenvalue weighted by Gasteiger charge is -2.25. The van der Waals surface area contributed by atoms with Gasteiger partial charge in [-0.1, -0.05) is 18.6 Å². The molecule has 2 heterocycles. The summed E-state index contributed by atoms with van der Waals surface area (Å²) in [7, 11) is -7.43. The normalized spacial score (nSPS) is 15.7. The van der Waals surface area contributed by atoms with Crippen molar-refractivity contribution in [2.75, 3.05) is 26.2 Å². The van der Waals surface area contributed by atoms with E-state index >= 15 is 0 Å². The molecule has 11 heteroatoms. The molecule has 0 aliphatic carbocycles. The maximum atomic E-state index is 12.9. The summed E-state index contributed by atoms with van der Waals surface area (Å²) in [4.78, 5) is 12.9. The van der Waals surface area contributed by atoms with Gasteiger partial charge in [-0.3, -0.25) is 4.79 Å². The minimum absolute atomic E-state index is 0.00728. The highest BCUT2D eigenvalue weighted by atomic mass is 32.2. The second-order valence-corrected chi connectivity index (χ2v) is 12.1. The summed E-state index contributed by atoms with van der Waals surface area (Å²) >= 11 is 1.06. The fourth-order valence-corrected chi connectivity index (χ4v) is 7.62. The van der Waals surface area contributed by atoms with E-state index in [4.69, 9.17) is 0 Å². The average molecular weight is 486 g/mol. The summed E-state index contributed by atoms with van der Waals surface area (Å²) in [5.74, 6) is -0.531. The quantitative estimate of drug-likeness (QED) is 0.557. The van der Waals surface area contributed by atoms with Crippen LogP contribution in [0.3, 0.4) is 0 Å². The second-order valence-electron chi connectivity index (χ2n) is 7.50. The third-order valence-corrected chi connectivity index (χ3v) is 9.69. The molecule has 1 aromatic carbocycles. The number of amides is 1. The van der Waals surface area contributed by atoms with Crippen molar-refractivity contribution < 1.29 is 21.6 Å². The van der Waals surface area contributed by atoms with E-state index < -0.39 is 26.0 Å². The van der Waals surface area contributed by atoms with E-state index in [9.17, 15) is 21.6 Å². The number of piperidine rings is 1. The molecule has 0 atom stereocenters. The van der Waals surface area contributed by atoms with Crippen LogP contribution in [0.1, 0.15) is 40.1 Å². The molecule has 0 unspecified atom stereocenters. The molecule has 1 saturated heterocycles. The van der Waals surface area contributed by atoms with E-state index in [1.54, 1.807) is 24.4 Å². The van der Waals surface area contributed by atoms with Gasteiger partial charge < -0.3 is 5.32 Å². The van der Waals surface area contributed by atoms with Crippen molar-refractivity contribution in [1.82, 2.24) is 14.3 Å². The van der Waals surface area contributed by atoms with E-state index in [2.05, 4.69) is 10.0 Å². The fourth-order valence-electron chi connectivity index (χ4n) is 3.43. The number of sulfonamides is 2. The highest BCUT2D eigenvalue weighted by Gasteiger charge is 2.30. The Morgan fingerprint density at radius 3 is 2.42 bits per heavy atom. The molecule has 3 rings (SSSR count). The van der Waals surface area contributed by atoms with E-state index in [0.29, 0.717) is 18.7 Å². The molecule has 0 spiro atoms. The van der Waals surface area contributed by atoms with Gasteiger partial charge in [-0.25, -0.2) is 21.6 Å². The van der Waals surface area contributed by atoms with Crippen LogP contribution in [0.4, 0.5) is 0 Å². The van der Waals surface area contributed by atoms with Gasteiger partial charge in [0.15, 0.2) is 0 Å². The second kappa shape index (κ2) is 9.78. The lowest BCUT2D eigenvalue weighted by atomic mass is 10.2. The molecule has 1 aliphatic heterocycles. The van der Waals surface area contributed by atoms with Crippen molar-refractivity contribution in [3.63, 3.8) is 0 Å². The lowest BCUT2D eigenvalue weighted by molar-refractivity contribution is 0.0955. The zero-order valence-corrected chi connectivity index (χ0v) is 20.0. The van der Waals surface area contributed by atoms with Crippen molar-refractivity contribution in [3.05, 3.63) is 45.6 Å². The van der Waals surface area contributed by atoms with Gasteiger partial charge in [0.05, 0.1) is 4.90 Å². The molecule has 0 bridgehead atoms. The van der Waals surface area contributed by atoms with Crippen LogP contribution in [-0.4, -0.2) is 53.2 Å². The third-order valence-electron chi connectivity index (χ3n) is 5.10. The molecule has 170 valence electrons. The molecule has 31 heavy (non-hydrogen) atoms. The lowest BCUT2D eigenvalue weighted by Crippen LogP contribution is -2.37. The molecule has 2 aromatic rings. The number of carbonyl (C=O) groups excluding carboxylic acids is 1. The zero-order valence-electron chi connectivity index (χ0n) is 17.5. The first-order valence-electron chi connectivity index (χ1n) is 10.1. The van der Waals surface area contributed by atoms with Crippen molar-refractivity contribution in [3.8, 4) is 0 Å². The van der Waals surface area contributed by atoms with Gasteiger partial charge in [-0.15, -0.1) is 11.3 Å². The molecule has 1 amide bonds. The number of hydrogen-bond acceptors (Lipinski definition) is 6. The highest BCUT2D eigenvalue weighted by Crippen LogP contribution is 2.27. The van der Waals surface area contributed by atoms with Crippen LogP contribution < -0.4 is 10.0 Å². The van der Waals surface area contributed by atoms with Crippen LogP contribution >= 0.6 is 11.3 Å². The maximum absolute atomic E-state index is 12.9. The molecule has 8 nitrogen and oxygen atoms in total. The Kier molecular flexibility index (Phi) is 7.53. The van der Waals surface area contributed by atoms with Gasteiger partial charge in [0.25, 0.3) is 5.91 Å². The minimum Gasteiger partial charge on any atom is -0.350 e. The molecule has 2 N–H and O–H groups in total. The van der Waals surface area contributed by atoms with Crippen LogP contribution in [0.5, 0.6) is 0 Å². The van der Waals surface area contributed by atoms with Crippen molar-refractivity contribution in [2.24, 2.45) is 0 Å². The fraction of sp³-hybridized carbons (Fsp3) is 0.450. The monoisotopic (exact) mass is 485 g/mol. The number of nitrogens with zero attached hydrogens (tertiary/aromatic N) is 1. The first-order chi connectivity index (χ1) is 14.6. The number of aryl methyl sites for hydroxylation is 2. The largest absolute Gasteiger partial charge is 0.350 e. The van der Waals surface area contributed by atoms with Gasteiger partial charge in [-0.05, 0) is 55.3 Å². The number of benzene rings is 1. The Morgan fingerprint density at radius 1 is 1.00 bits per heavy atom. The van der Waals surface area contributed by atoms with E-state index in [1.165, 1.54) is 10.4 Å². The van der Waals surface area contributed by atoms with Gasteiger partial charge in [0, 0.05) is 26.2 Å². The summed E-state index contributed by atoms with van der Waals surface area (Å²) in [6, 6.07) is 6.63. The molecular formula is C20H27N3O5S3. The van der Waals surface area contributed by atoms with Crippen molar-refractivity contribution in [1.29, 1.82) is 0 Å². The summed E-state index contributed by atoms with van der Waals surface area (Å²) in [6.07, 6.45) is 2.62. The van der Waals surface area contributed by atoms with Crippen LogP contribution in [0.25, 0.3) is 0 Å². The molecule has 0 radical (unpaired) electrons. The summed E-state index contributed by atoms with van der Waals surface area (Å²) in [5.41, 5.74) is 1.47.